The lowest BCUT2D eigenvalue weighted by atomic mass is 9.94. The van der Waals surface area contributed by atoms with Gasteiger partial charge in [0.25, 0.3) is 0 Å². The summed E-state index contributed by atoms with van der Waals surface area (Å²) < 4.78 is 1.22. The van der Waals surface area contributed by atoms with E-state index in [1.54, 1.807) is 11.3 Å². The van der Waals surface area contributed by atoms with E-state index in [0.29, 0.717) is 12.0 Å². The lowest BCUT2D eigenvalue weighted by Crippen LogP contribution is -2.30. The molecule has 4 aromatic rings. The highest BCUT2D eigenvalue weighted by atomic mass is 32.1. The number of nitrogens with zero attached hydrogens (tertiary/aromatic N) is 2. The van der Waals surface area contributed by atoms with Crippen molar-refractivity contribution in [3.05, 3.63) is 46.9 Å². The molecule has 2 atom stereocenters. The fraction of sp³-hybridized carbons (Fsp3) is 0.333. The van der Waals surface area contributed by atoms with Crippen molar-refractivity contribution in [3.8, 4) is 0 Å². The van der Waals surface area contributed by atoms with Gasteiger partial charge in [-0.25, -0.2) is 9.97 Å². The van der Waals surface area contributed by atoms with Crippen LogP contribution in [0.25, 0.3) is 20.4 Å². The number of aromatic nitrogens is 2. The predicted molar refractivity (Wildman–Crippen MR) is 117 cm³/mol. The topological polar surface area (TPSA) is 49.8 Å². The first-order chi connectivity index (χ1) is 13.3. The molecule has 0 spiro atoms. The molecule has 0 saturated carbocycles. The Morgan fingerprint density at radius 2 is 2.11 bits per heavy atom. The van der Waals surface area contributed by atoms with Crippen LogP contribution in [0.4, 0.5) is 11.4 Å². The lowest BCUT2D eigenvalue weighted by Gasteiger charge is -2.20. The van der Waals surface area contributed by atoms with Crippen molar-refractivity contribution in [1.82, 2.24) is 15.3 Å². The van der Waals surface area contributed by atoms with Crippen molar-refractivity contribution in [2.45, 2.75) is 38.1 Å². The van der Waals surface area contributed by atoms with Gasteiger partial charge < -0.3 is 10.6 Å². The minimum Gasteiger partial charge on any atom is -0.355 e. The number of nitrogens with one attached hydrogen (secondary N) is 2. The van der Waals surface area contributed by atoms with Crippen molar-refractivity contribution < 1.29 is 0 Å². The van der Waals surface area contributed by atoms with E-state index >= 15 is 0 Å². The van der Waals surface area contributed by atoms with Gasteiger partial charge in [-0.05, 0) is 56.6 Å². The molecule has 3 aromatic heterocycles. The summed E-state index contributed by atoms with van der Waals surface area (Å²) in [6.07, 6.45) is 5.73. The minimum absolute atomic E-state index is 0.518. The molecule has 27 heavy (non-hydrogen) atoms. The monoisotopic (exact) mass is 394 g/mol. The van der Waals surface area contributed by atoms with Gasteiger partial charge in [0.05, 0.1) is 21.4 Å². The molecule has 0 aliphatic carbocycles. The number of benzene rings is 1. The fourth-order valence-electron chi connectivity index (χ4n) is 3.94. The zero-order valence-corrected chi connectivity index (χ0v) is 16.9. The number of anilines is 2. The van der Waals surface area contributed by atoms with Gasteiger partial charge in [0.1, 0.15) is 4.83 Å². The molecule has 1 aliphatic rings. The van der Waals surface area contributed by atoms with Gasteiger partial charge in [-0.2, -0.15) is 0 Å². The maximum absolute atomic E-state index is 4.64. The Kier molecular flexibility index (Phi) is 4.55. The first kappa shape index (κ1) is 17.1. The van der Waals surface area contributed by atoms with Crippen LogP contribution in [0.5, 0.6) is 0 Å². The van der Waals surface area contributed by atoms with Gasteiger partial charge in [0.15, 0.2) is 0 Å². The van der Waals surface area contributed by atoms with Crippen LogP contribution in [0.2, 0.25) is 0 Å². The number of thiophene rings is 1. The summed E-state index contributed by atoms with van der Waals surface area (Å²) in [7, 11) is 0. The highest BCUT2D eigenvalue weighted by Crippen LogP contribution is 2.38. The molecule has 1 fully saturated rings. The van der Waals surface area contributed by atoms with Crippen molar-refractivity contribution >= 4 is 54.5 Å². The smallest absolute Gasteiger partial charge is 0.125 e. The van der Waals surface area contributed by atoms with Crippen LogP contribution in [0.1, 0.15) is 37.0 Å². The molecular weight excluding hydrogens is 372 g/mol. The fourth-order valence-corrected chi connectivity index (χ4v) is 5.87. The van der Waals surface area contributed by atoms with E-state index in [-0.39, 0.29) is 0 Å². The van der Waals surface area contributed by atoms with Crippen molar-refractivity contribution in [3.63, 3.8) is 0 Å². The summed E-state index contributed by atoms with van der Waals surface area (Å²) in [5.74, 6) is 0.575. The van der Waals surface area contributed by atoms with Crippen molar-refractivity contribution in [2.75, 3.05) is 11.9 Å². The molecule has 0 radical (unpaired) electrons. The second kappa shape index (κ2) is 7.19. The first-order valence-electron chi connectivity index (χ1n) is 9.50. The summed E-state index contributed by atoms with van der Waals surface area (Å²) >= 11 is 3.52. The Hall–Kier alpha value is -2.02. The van der Waals surface area contributed by atoms with Crippen LogP contribution in [-0.4, -0.2) is 22.6 Å². The highest BCUT2D eigenvalue weighted by molar-refractivity contribution is 7.18. The van der Waals surface area contributed by atoms with Gasteiger partial charge >= 0.3 is 0 Å². The van der Waals surface area contributed by atoms with Crippen molar-refractivity contribution in [2.24, 2.45) is 0 Å². The molecular formula is C21H22N4S2. The second-order valence-electron chi connectivity index (χ2n) is 7.23. The molecule has 5 rings (SSSR count). The Morgan fingerprint density at radius 1 is 1.15 bits per heavy atom. The SMILES string of the molecule is C[C@H]1NCCCC[C@@H]1c1cc2c(Nc3ccc4scnc4c3)ccnc2s1. The van der Waals surface area contributed by atoms with E-state index in [2.05, 4.69) is 57.9 Å². The van der Waals surface area contributed by atoms with Gasteiger partial charge in [-0.15, -0.1) is 22.7 Å². The standard InChI is InChI=1S/C21H22N4S2/c1-13-15(4-2-3-8-22-13)20-11-16-17(7-9-23-21(16)27-20)25-14-5-6-19-18(10-14)24-12-26-19/h5-7,9-13,15,22H,2-4,8H2,1H3,(H,23,25)/t13-,15+/m1/s1. The van der Waals surface area contributed by atoms with Gasteiger partial charge in [-0.1, -0.05) is 6.42 Å². The zero-order valence-electron chi connectivity index (χ0n) is 15.2. The van der Waals surface area contributed by atoms with Crippen molar-refractivity contribution in [1.29, 1.82) is 0 Å². The molecule has 4 heterocycles. The number of rotatable bonds is 3. The summed E-state index contributed by atoms with van der Waals surface area (Å²) in [4.78, 5) is 11.6. The molecule has 138 valence electrons. The van der Waals surface area contributed by atoms with Crippen LogP contribution in [0.3, 0.4) is 0 Å². The Balaban J connectivity index is 1.50. The third-order valence-electron chi connectivity index (χ3n) is 5.44. The Morgan fingerprint density at radius 3 is 3.07 bits per heavy atom. The molecule has 1 saturated heterocycles. The average molecular weight is 395 g/mol. The van der Waals surface area contributed by atoms with E-state index in [4.69, 9.17) is 0 Å². The maximum Gasteiger partial charge on any atom is 0.125 e. The Bertz CT molecular complexity index is 1080. The van der Waals surface area contributed by atoms with Crippen LogP contribution in [0, 0.1) is 0 Å². The Labute approximate surface area is 166 Å². The first-order valence-corrected chi connectivity index (χ1v) is 11.2. The summed E-state index contributed by atoms with van der Waals surface area (Å²) in [6.45, 7) is 3.45. The quantitative estimate of drug-likeness (QED) is 0.454. The third kappa shape index (κ3) is 3.33. The van der Waals surface area contributed by atoms with Gasteiger partial charge in [-0.3, -0.25) is 0 Å². The highest BCUT2D eigenvalue weighted by Gasteiger charge is 2.23. The molecule has 0 amide bonds. The zero-order chi connectivity index (χ0) is 18.2. The molecule has 4 nitrogen and oxygen atoms in total. The van der Waals surface area contributed by atoms with Crippen LogP contribution in [0.15, 0.2) is 42.0 Å². The van der Waals surface area contributed by atoms with Crippen LogP contribution in [-0.2, 0) is 0 Å². The number of pyridine rings is 1. The lowest BCUT2D eigenvalue weighted by molar-refractivity contribution is 0.488. The normalized spacial score (nSPS) is 20.8. The van der Waals surface area contributed by atoms with E-state index in [0.717, 1.165) is 28.3 Å². The number of hydrogen-bond acceptors (Lipinski definition) is 6. The van der Waals surface area contributed by atoms with Gasteiger partial charge in [0.2, 0.25) is 0 Å². The summed E-state index contributed by atoms with van der Waals surface area (Å²) in [5.41, 5.74) is 5.12. The van der Waals surface area contributed by atoms with Gasteiger partial charge in [0, 0.05) is 34.1 Å². The molecule has 1 aromatic carbocycles. The second-order valence-corrected chi connectivity index (χ2v) is 9.18. The van der Waals surface area contributed by atoms with E-state index in [9.17, 15) is 0 Å². The summed E-state index contributed by atoms with van der Waals surface area (Å²) in [5, 5.41) is 8.47. The molecule has 1 aliphatic heterocycles. The summed E-state index contributed by atoms with van der Waals surface area (Å²) in [6, 6.07) is 11.3. The van der Waals surface area contributed by atoms with E-state index in [1.165, 1.54) is 34.2 Å². The largest absolute Gasteiger partial charge is 0.355 e. The molecule has 0 bridgehead atoms. The molecule has 6 heteroatoms. The minimum atomic E-state index is 0.518. The average Bonchev–Trinajstić information content (AvgIpc) is 3.26. The molecule has 0 unspecified atom stereocenters. The number of hydrogen-bond donors (Lipinski definition) is 2. The third-order valence-corrected chi connectivity index (χ3v) is 7.43. The van der Waals surface area contributed by atoms with Crippen LogP contribution >= 0.6 is 22.7 Å². The molecule has 2 N–H and O–H groups in total. The van der Waals surface area contributed by atoms with E-state index < -0.39 is 0 Å². The van der Waals surface area contributed by atoms with Crippen LogP contribution < -0.4 is 10.6 Å². The number of fused-ring (bicyclic) bond motifs is 2. The van der Waals surface area contributed by atoms with E-state index in [1.807, 2.05) is 23.0 Å². The maximum atomic E-state index is 4.64. The number of thiazole rings is 1. The predicted octanol–water partition coefficient (Wildman–Crippen LogP) is 5.90.